The summed E-state index contributed by atoms with van der Waals surface area (Å²) < 4.78 is 0. The van der Waals surface area contributed by atoms with Crippen molar-refractivity contribution < 1.29 is 9.59 Å². The number of hydrogen-bond acceptors (Lipinski definition) is 2. The lowest BCUT2D eigenvalue weighted by molar-refractivity contribution is -0.141. The van der Waals surface area contributed by atoms with Crippen LogP contribution in [0.25, 0.3) is 0 Å². The number of nitrogens with zero attached hydrogens (tertiary/aromatic N) is 1. The summed E-state index contributed by atoms with van der Waals surface area (Å²) in [5.41, 5.74) is 4.37. The van der Waals surface area contributed by atoms with Gasteiger partial charge in [0.15, 0.2) is 0 Å². The summed E-state index contributed by atoms with van der Waals surface area (Å²) in [7, 11) is 0. The number of benzene rings is 3. The van der Waals surface area contributed by atoms with E-state index in [0.29, 0.717) is 25.8 Å². The van der Waals surface area contributed by atoms with Crippen LogP contribution < -0.4 is 5.32 Å². The van der Waals surface area contributed by atoms with Gasteiger partial charge >= 0.3 is 0 Å². The Bertz CT molecular complexity index is 1010. The van der Waals surface area contributed by atoms with Crippen LogP contribution in [0.5, 0.6) is 0 Å². The first kappa shape index (κ1) is 24.2. The molecular weight excluding hydrogens is 408 g/mol. The Kier molecular flexibility index (Phi) is 8.82. The van der Waals surface area contributed by atoms with E-state index in [-0.39, 0.29) is 17.9 Å². The summed E-state index contributed by atoms with van der Waals surface area (Å²) in [6, 6.07) is 27.5. The summed E-state index contributed by atoms with van der Waals surface area (Å²) in [5, 5.41) is 3.03. The first-order chi connectivity index (χ1) is 15.9. The highest BCUT2D eigenvalue weighted by molar-refractivity contribution is 5.88. The van der Waals surface area contributed by atoms with Crippen molar-refractivity contribution in [3.8, 4) is 0 Å². The van der Waals surface area contributed by atoms with Crippen molar-refractivity contribution in [2.45, 2.75) is 58.7 Å². The van der Waals surface area contributed by atoms with Crippen LogP contribution >= 0.6 is 0 Å². The molecule has 0 fully saturated rings. The zero-order chi connectivity index (χ0) is 23.6. The van der Waals surface area contributed by atoms with Crippen molar-refractivity contribution in [1.29, 1.82) is 0 Å². The van der Waals surface area contributed by atoms with E-state index in [1.807, 2.05) is 74.5 Å². The van der Waals surface area contributed by atoms with Gasteiger partial charge in [-0.15, -0.1) is 0 Å². The zero-order valence-corrected chi connectivity index (χ0v) is 19.8. The van der Waals surface area contributed by atoms with E-state index >= 15 is 0 Å². The molecule has 4 nitrogen and oxygen atoms in total. The lowest BCUT2D eigenvalue weighted by Crippen LogP contribution is -2.51. The molecule has 0 saturated carbocycles. The molecule has 0 aromatic heterocycles. The number of carbonyl (C=O) groups excluding carboxylic acids is 2. The molecule has 3 aromatic carbocycles. The predicted octanol–water partition coefficient (Wildman–Crippen LogP) is 5.09. The van der Waals surface area contributed by atoms with Crippen LogP contribution in [-0.2, 0) is 29.0 Å². The molecule has 0 bridgehead atoms. The van der Waals surface area contributed by atoms with Gasteiger partial charge in [0.25, 0.3) is 0 Å². The zero-order valence-electron chi connectivity index (χ0n) is 19.8. The maximum Gasteiger partial charge on any atom is 0.243 e. The standard InChI is InChI=1S/C29H34N2O2/c1-22(2)30-29(33)27(20-25-10-6-4-7-11-25)31(21-26-12-8-5-9-13-26)28(32)19-18-24-16-14-23(3)15-17-24/h4-17,22,27H,18-21H2,1-3H3,(H,30,33). The molecule has 1 unspecified atom stereocenters. The van der Waals surface area contributed by atoms with Gasteiger partial charge in [-0.1, -0.05) is 90.5 Å². The van der Waals surface area contributed by atoms with Crippen LogP contribution in [0.2, 0.25) is 0 Å². The molecule has 1 N–H and O–H groups in total. The molecule has 1 atom stereocenters. The molecule has 0 saturated heterocycles. The Morgan fingerprint density at radius 1 is 0.788 bits per heavy atom. The number of amides is 2. The van der Waals surface area contributed by atoms with Gasteiger partial charge in [0.05, 0.1) is 0 Å². The molecule has 0 heterocycles. The molecular formula is C29H34N2O2. The average Bonchev–Trinajstić information content (AvgIpc) is 2.81. The third-order valence-corrected chi connectivity index (χ3v) is 5.65. The van der Waals surface area contributed by atoms with E-state index in [4.69, 9.17) is 0 Å². The van der Waals surface area contributed by atoms with E-state index in [1.54, 1.807) is 4.90 Å². The van der Waals surface area contributed by atoms with Crippen molar-refractivity contribution in [1.82, 2.24) is 10.2 Å². The maximum absolute atomic E-state index is 13.6. The first-order valence-electron chi connectivity index (χ1n) is 11.7. The number of aryl methyl sites for hydroxylation is 2. The highest BCUT2D eigenvalue weighted by Crippen LogP contribution is 2.17. The topological polar surface area (TPSA) is 49.4 Å². The lowest BCUT2D eigenvalue weighted by atomic mass is 10.0. The summed E-state index contributed by atoms with van der Waals surface area (Å²) in [5.74, 6) is -0.132. The Balaban J connectivity index is 1.87. The minimum atomic E-state index is -0.583. The fraction of sp³-hybridized carbons (Fsp3) is 0.310. The highest BCUT2D eigenvalue weighted by atomic mass is 16.2. The summed E-state index contributed by atoms with van der Waals surface area (Å²) in [6.07, 6.45) is 1.48. The molecule has 33 heavy (non-hydrogen) atoms. The Labute approximate surface area is 197 Å². The SMILES string of the molecule is Cc1ccc(CCC(=O)N(Cc2ccccc2)C(Cc2ccccc2)C(=O)NC(C)C)cc1. The first-order valence-corrected chi connectivity index (χ1v) is 11.7. The molecule has 172 valence electrons. The monoisotopic (exact) mass is 442 g/mol. The van der Waals surface area contributed by atoms with Gasteiger partial charge in [0, 0.05) is 25.4 Å². The molecule has 2 amide bonds. The van der Waals surface area contributed by atoms with Crippen molar-refractivity contribution in [3.63, 3.8) is 0 Å². The summed E-state index contributed by atoms with van der Waals surface area (Å²) >= 11 is 0. The summed E-state index contributed by atoms with van der Waals surface area (Å²) in [4.78, 5) is 28.6. The van der Waals surface area contributed by atoms with Crippen molar-refractivity contribution in [3.05, 3.63) is 107 Å². The second-order valence-corrected chi connectivity index (χ2v) is 8.86. The minimum Gasteiger partial charge on any atom is -0.352 e. The number of nitrogens with one attached hydrogen (secondary N) is 1. The van der Waals surface area contributed by atoms with E-state index in [2.05, 4.69) is 36.5 Å². The summed E-state index contributed by atoms with van der Waals surface area (Å²) in [6.45, 7) is 6.34. The number of rotatable bonds is 10. The highest BCUT2D eigenvalue weighted by Gasteiger charge is 2.30. The molecule has 4 heteroatoms. The van der Waals surface area contributed by atoms with Gasteiger partial charge in [-0.3, -0.25) is 9.59 Å². The predicted molar refractivity (Wildman–Crippen MR) is 134 cm³/mol. The molecule has 0 aliphatic carbocycles. The second-order valence-electron chi connectivity index (χ2n) is 8.86. The van der Waals surface area contributed by atoms with E-state index in [1.165, 1.54) is 5.56 Å². The number of hydrogen-bond donors (Lipinski definition) is 1. The van der Waals surface area contributed by atoms with Crippen LogP contribution in [-0.4, -0.2) is 28.8 Å². The smallest absolute Gasteiger partial charge is 0.243 e. The van der Waals surface area contributed by atoms with Crippen LogP contribution in [0.3, 0.4) is 0 Å². The van der Waals surface area contributed by atoms with Gasteiger partial charge in [0.2, 0.25) is 11.8 Å². The fourth-order valence-corrected chi connectivity index (χ4v) is 3.86. The van der Waals surface area contributed by atoms with Crippen LogP contribution in [0.4, 0.5) is 0 Å². The van der Waals surface area contributed by atoms with Crippen LogP contribution in [0.15, 0.2) is 84.9 Å². The van der Waals surface area contributed by atoms with E-state index in [9.17, 15) is 9.59 Å². The van der Waals surface area contributed by atoms with Gasteiger partial charge in [-0.2, -0.15) is 0 Å². The van der Waals surface area contributed by atoms with Gasteiger partial charge in [-0.25, -0.2) is 0 Å². The Morgan fingerprint density at radius 3 is 1.94 bits per heavy atom. The average molecular weight is 443 g/mol. The normalized spacial score (nSPS) is 11.8. The maximum atomic E-state index is 13.6. The molecule has 0 aliphatic heterocycles. The van der Waals surface area contributed by atoms with Crippen molar-refractivity contribution >= 4 is 11.8 Å². The van der Waals surface area contributed by atoms with Crippen LogP contribution in [0.1, 0.15) is 42.5 Å². The Morgan fingerprint density at radius 2 is 1.36 bits per heavy atom. The van der Waals surface area contributed by atoms with Crippen LogP contribution in [0, 0.1) is 6.92 Å². The van der Waals surface area contributed by atoms with E-state index in [0.717, 1.165) is 16.7 Å². The van der Waals surface area contributed by atoms with Crippen molar-refractivity contribution in [2.75, 3.05) is 0 Å². The van der Waals surface area contributed by atoms with Crippen molar-refractivity contribution in [2.24, 2.45) is 0 Å². The largest absolute Gasteiger partial charge is 0.352 e. The third kappa shape index (κ3) is 7.60. The minimum absolute atomic E-state index is 0.00277. The fourth-order valence-electron chi connectivity index (χ4n) is 3.86. The van der Waals surface area contributed by atoms with Gasteiger partial charge in [-0.05, 0) is 43.9 Å². The van der Waals surface area contributed by atoms with Gasteiger partial charge in [0.1, 0.15) is 6.04 Å². The molecule has 3 rings (SSSR count). The molecule has 3 aromatic rings. The quantitative estimate of drug-likeness (QED) is 0.475. The third-order valence-electron chi connectivity index (χ3n) is 5.65. The number of carbonyl (C=O) groups is 2. The lowest BCUT2D eigenvalue weighted by Gasteiger charge is -2.32. The second kappa shape index (κ2) is 12.0. The van der Waals surface area contributed by atoms with Gasteiger partial charge < -0.3 is 10.2 Å². The molecule has 0 spiro atoms. The van der Waals surface area contributed by atoms with E-state index < -0.39 is 6.04 Å². The Hall–Kier alpha value is -3.40. The molecule has 0 aliphatic rings. The molecule has 0 radical (unpaired) electrons.